The highest BCUT2D eigenvalue weighted by molar-refractivity contribution is 14.0. The molecular formula is C18H31IN4O2S. The number of benzene rings is 1. The third-order valence-electron chi connectivity index (χ3n) is 4.73. The van der Waals surface area contributed by atoms with E-state index in [0.717, 1.165) is 30.2 Å². The van der Waals surface area contributed by atoms with Gasteiger partial charge in [0.25, 0.3) is 0 Å². The van der Waals surface area contributed by atoms with Crippen molar-refractivity contribution < 1.29 is 8.42 Å². The van der Waals surface area contributed by atoms with Gasteiger partial charge in [0, 0.05) is 32.4 Å². The molecule has 0 saturated carbocycles. The SMILES string of the molecule is CCN1CCCC1CNC(=NC)NCc1ccc(S(C)(=O)=O)c(C)c1.I. The van der Waals surface area contributed by atoms with Crippen molar-refractivity contribution in [2.24, 2.45) is 4.99 Å². The molecule has 0 radical (unpaired) electrons. The molecule has 0 amide bonds. The van der Waals surface area contributed by atoms with Crippen LogP contribution in [0.5, 0.6) is 0 Å². The highest BCUT2D eigenvalue weighted by atomic mass is 127. The molecule has 1 heterocycles. The molecule has 0 spiro atoms. The number of halogens is 1. The van der Waals surface area contributed by atoms with E-state index in [1.807, 2.05) is 19.1 Å². The Hall–Kier alpha value is -0.870. The van der Waals surface area contributed by atoms with E-state index in [4.69, 9.17) is 0 Å². The second-order valence-corrected chi connectivity index (χ2v) is 8.59. The first-order valence-electron chi connectivity index (χ1n) is 8.83. The molecule has 1 aliphatic rings. The van der Waals surface area contributed by atoms with Crippen LogP contribution in [0, 0.1) is 6.92 Å². The smallest absolute Gasteiger partial charge is 0.191 e. The molecular weight excluding hydrogens is 463 g/mol. The van der Waals surface area contributed by atoms with Crippen LogP contribution in [-0.4, -0.2) is 58.3 Å². The van der Waals surface area contributed by atoms with Crippen molar-refractivity contribution >= 4 is 39.8 Å². The van der Waals surface area contributed by atoms with Crippen LogP contribution in [0.4, 0.5) is 0 Å². The number of guanidine groups is 1. The normalized spacial score (nSPS) is 18.5. The second-order valence-electron chi connectivity index (χ2n) is 6.60. The highest BCUT2D eigenvalue weighted by Crippen LogP contribution is 2.17. The monoisotopic (exact) mass is 494 g/mol. The molecule has 2 N–H and O–H groups in total. The quantitative estimate of drug-likeness (QED) is 0.360. The number of nitrogens with one attached hydrogen (secondary N) is 2. The molecule has 1 aromatic rings. The van der Waals surface area contributed by atoms with E-state index in [2.05, 4.69) is 27.4 Å². The third-order valence-corrected chi connectivity index (χ3v) is 5.99. The van der Waals surface area contributed by atoms with Gasteiger partial charge in [0.1, 0.15) is 0 Å². The predicted molar refractivity (Wildman–Crippen MR) is 118 cm³/mol. The van der Waals surface area contributed by atoms with Crippen molar-refractivity contribution in [2.75, 3.05) is 32.9 Å². The fourth-order valence-corrected chi connectivity index (χ4v) is 4.36. The van der Waals surface area contributed by atoms with Gasteiger partial charge in [-0.2, -0.15) is 0 Å². The van der Waals surface area contributed by atoms with E-state index >= 15 is 0 Å². The van der Waals surface area contributed by atoms with E-state index < -0.39 is 9.84 Å². The number of sulfone groups is 1. The third kappa shape index (κ3) is 6.38. The first-order valence-corrected chi connectivity index (χ1v) is 10.7. The molecule has 1 aliphatic heterocycles. The van der Waals surface area contributed by atoms with Crippen molar-refractivity contribution in [3.8, 4) is 0 Å². The summed E-state index contributed by atoms with van der Waals surface area (Å²) in [5.41, 5.74) is 1.80. The van der Waals surface area contributed by atoms with Crippen LogP contribution >= 0.6 is 24.0 Å². The summed E-state index contributed by atoms with van der Waals surface area (Å²) in [6.45, 7) is 7.79. The molecule has 8 heteroatoms. The summed E-state index contributed by atoms with van der Waals surface area (Å²) in [4.78, 5) is 7.16. The number of rotatable bonds is 6. The van der Waals surface area contributed by atoms with Crippen LogP contribution in [0.3, 0.4) is 0 Å². The van der Waals surface area contributed by atoms with E-state index in [1.165, 1.54) is 25.6 Å². The molecule has 26 heavy (non-hydrogen) atoms. The zero-order valence-electron chi connectivity index (χ0n) is 16.1. The number of nitrogens with zero attached hydrogens (tertiary/aromatic N) is 2. The summed E-state index contributed by atoms with van der Waals surface area (Å²) in [6.07, 6.45) is 3.73. The summed E-state index contributed by atoms with van der Waals surface area (Å²) >= 11 is 0. The maximum Gasteiger partial charge on any atom is 0.191 e. The number of likely N-dealkylation sites (N-methyl/N-ethyl adjacent to an activating group) is 1. The number of hydrogen-bond acceptors (Lipinski definition) is 4. The lowest BCUT2D eigenvalue weighted by Crippen LogP contribution is -2.44. The van der Waals surface area contributed by atoms with Gasteiger partial charge in [0.05, 0.1) is 4.90 Å². The van der Waals surface area contributed by atoms with Crippen molar-refractivity contribution in [3.05, 3.63) is 29.3 Å². The van der Waals surface area contributed by atoms with Gasteiger partial charge in [-0.3, -0.25) is 9.89 Å². The number of aliphatic imine (C=N–C) groups is 1. The molecule has 2 rings (SSSR count). The summed E-state index contributed by atoms with van der Waals surface area (Å²) < 4.78 is 23.4. The Labute approximate surface area is 174 Å². The Morgan fingerprint density at radius 1 is 1.35 bits per heavy atom. The molecule has 1 atom stereocenters. The van der Waals surface area contributed by atoms with Crippen molar-refractivity contribution in [1.82, 2.24) is 15.5 Å². The van der Waals surface area contributed by atoms with Gasteiger partial charge >= 0.3 is 0 Å². The van der Waals surface area contributed by atoms with Gasteiger partial charge in [-0.15, -0.1) is 24.0 Å². The first-order chi connectivity index (χ1) is 11.8. The van der Waals surface area contributed by atoms with Crippen molar-refractivity contribution in [2.45, 2.75) is 44.2 Å². The minimum absolute atomic E-state index is 0. The zero-order chi connectivity index (χ0) is 18.4. The summed E-state index contributed by atoms with van der Waals surface area (Å²) in [7, 11) is -1.41. The number of likely N-dealkylation sites (tertiary alicyclic amines) is 1. The molecule has 1 unspecified atom stereocenters. The Morgan fingerprint density at radius 3 is 2.65 bits per heavy atom. The maximum absolute atomic E-state index is 11.7. The van der Waals surface area contributed by atoms with Crippen LogP contribution in [0.1, 0.15) is 30.9 Å². The van der Waals surface area contributed by atoms with Gasteiger partial charge in [-0.1, -0.05) is 19.1 Å². The predicted octanol–water partition coefficient (Wildman–Crippen LogP) is 2.17. The lowest BCUT2D eigenvalue weighted by atomic mass is 10.1. The minimum atomic E-state index is -3.17. The molecule has 1 saturated heterocycles. The zero-order valence-corrected chi connectivity index (χ0v) is 19.2. The lowest BCUT2D eigenvalue weighted by molar-refractivity contribution is 0.267. The van der Waals surface area contributed by atoms with Crippen molar-refractivity contribution in [1.29, 1.82) is 0 Å². The first kappa shape index (κ1) is 23.2. The van der Waals surface area contributed by atoms with Crippen LogP contribution < -0.4 is 10.6 Å². The van der Waals surface area contributed by atoms with E-state index in [0.29, 0.717) is 17.5 Å². The van der Waals surface area contributed by atoms with Crippen molar-refractivity contribution in [3.63, 3.8) is 0 Å². The van der Waals surface area contributed by atoms with E-state index in [9.17, 15) is 8.42 Å². The summed E-state index contributed by atoms with van der Waals surface area (Å²) in [5, 5.41) is 6.70. The molecule has 0 bridgehead atoms. The van der Waals surface area contributed by atoms with E-state index in [-0.39, 0.29) is 24.0 Å². The van der Waals surface area contributed by atoms with E-state index in [1.54, 1.807) is 13.1 Å². The molecule has 1 aromatic carbocycles. The second kappa shape index (κ2) is 10.5. The Kier molecular flexibility index (Phi) is 9.32. The molecule has 0 aliphatic carbocycles. The maximum atomic E-state index is 11.7. The standard InChI is InChI=1S/C18H30N4O2S.HI/c1-5-22-10-6-7-16(22)13-21-18(19-3)20-12-15-8-9-17(14(2)11-15)25(4,23)24;/h8-9,11,16H,5-7,10,12-13H2,1-4H3,(H2,19,20,21);1H. The number of hydrogen-bond donors (Lipinski definition) is 2. The molecule has 148 valence electrons. The Bertz CT molecular complexity index is 722. The summed E-state index contributed by atoms with van der Waals surface area (Å²) in [6, 6.07) is 6.00. The molecule has 1 fully saturated rings. The largest absolute Gasteiger partial charge is 0.355 e. The van der Waals surface area contributed by atoms with Gasteiger partial charge in [0.2, 0.25) is 0 Å². The Balaban J connectivity index is 0.00000338. The van der Waals surface area contributed by atoms with Gasteiger partial charge in [-0.05, 0) is 50.0 Å². The van der Waals surface area contributed by atoms with Crippen LogP contribution in [0.2, 0.25) is 0 Å². The molecule has 0 aromatic heterocycles. The number of aryl methyl sites for hydroxylation is 1. The van der Waals surface area contributed by atoms with Gasteiger partial charge < -0.3 is 10.6 Å². The minimum Gasteiger partial charge on any atom is -0.355 e. The van der Waals surface area contributed by atoms with Gasteiger partial charge in [-0.25, -0.2) is 8.42 Å². The lowest BCUT2D eigenvalue weighted by Gasteiger charge is -2.24. The average molecular weight is 494 g/mol. The average Bonchev–Trinajstić information content (AvgIpc) is 3.01. The van der Waals surface area contributed by atoms with Gasteiger partial charge in [0.15, 0.2) is 15.8 Å². The topological polar surface area (TPSA) is 73.8 Å². The van der Waals surface area contributed by atoms with Crippen LogP contribution in [0.25, 0.3) is 0 Å². The molecule has 6 nitrogen and oxygen atoms in total. The fraction of sp³-hybridized carbons (Fsp3) is 0.611. The fourth-order valence-electron chi connectivity index (χ4n) is 3.40. The highest BCUT2D eigenvalue weighted by Gasteiger charge is 2.22. The van der Waals surface area contributed by atoms with Crippen LogP contribution in [-0.2, 0) is 16.4 Å². The Morgan fingerprint density at radius 2 is 2.08 bits per heavy atom. The summed E-state index contributed by atoms with van der Waals surface area (Å²) in [5.74, 6) is 0.771. The van der Waals surface area contributed by atoms with Crippen LogP contribution in [0.15, 0.2) is 28.1 Å².